The summed E-state index contributed by atoms with van der Waals surface area (Å²) in [4.78, 5) is 15.8. The van der Waals surface area contributed by atoms with Crippen molar-refractivity contribution in [3.8, 4) is 0 Å². The van der Waals surface area contributed by atoms with Gasteiger partial charge in [-0.2, -0.15) is 0 Å². The molecule has 2 aromatic heterocycles. The smallest absolute Gasteiger partial charge is 0.248 e. The fraction of sp³-hybridized carbons (Fsp3) is 0.222. The molecule has 6 heteroatoms. The van der Waals surface area contributed by atoms with E-state index in [0.29, 0.717) is 11.3 Å². The molecule has 0 radical (unpaired) electrons. The summed E-state index contributed by atoms with van der Waals surface area (Å²) in [7, 11) is 0. The van der Waals surface area contributed by atoms with E-state index in [1.54, 1.807) is 24.3 Å². The summed E-state index contributed by atoms with van der Waals surface area (Å²) in [6.45, 7) is 6.19. The van der Waals surface area contributed by atoms with Crippen molar-refractivity contribution in [2.24, 2.45) is 16.0 Å². The van der Waals surface area contributed by atoms with Crippen molar-refractivity contribution in [2.75, 3.05) is 0 Å². The van der Waals surface area contributed by atoms with Crippen molar-refractivity contribution >= 4 is 23.1 Å². The van der Waals surface area contributed by atoms with Crippen molar-refractivity contribution in [3.63, 3.8) is 0 Å². The fourth-order valence-electron chi connectivity index (χ4n) is 2.49. The van der Waals surface area contributed by atoms with E-state index in [2.05, 4.69) is 24.1 Å². The van der Waals surface area contributed by atoms with Gasteiger partial charge in [0.25, 0.3) is 0 Å². The van der Waals surface area contributed by atoms with E-state index < -0.39 is 5.91 Å². The normalized spacial score (nSPS) is 11.7. The summed E-state index contributed by atoms with van der Waals surface area (Å²) in [6, 6.07) is 10.7. The van der Waals surface area contributed by atoms with Gasteiger partial charge in [0.2, 0.25) is 5.91 Å². The van der Waals surface area contributed by atoms with Crippen LogP contribution in [0.2, 0.25) is 0 Å². The van der Waals surface area contributed by atoms with E-state index >= 15 is 0 Å². The Morgan fingerprint density at radius 1 is 1.17 bits per heavy atom. The Morgan fingerprint density at radius 3 is 2.50 bits per heavy atom. The zero-order chi connectivity index (χ0) is 17.3. The number of fused-ring (bicyclic) bond motifs is 1. The predicted octanol–water partition coefficient (Wildman–Crippen LogP) is 4.28. The largest absolute Gasteiger partial charge is 0.366 e. The number of hydrogen-bond acceptors (Lipinski definition) is 4. The molecule has 2 heterocycles. The number of benzene rings is 1. The Balaban J connectivity index is 2.04. The van der Waals surface area contributed by atoms with E-state index in [1.165, 1.54) is 0 Å². The second kappa shape index (κ2) is 6.23. The minimum atomic E-state index is -0.460. The molecule has 0 aliphatic rings. The lowest BCUT2D eigenvalue weighted by Crippen LogP contribution is -2.10. The van der Waals surface area contributed by atoms with E-state index in [1.807, 2.05) is 29.7 Å². The number of aryl methyl sites for hydroxylation is 1. The van der Waals surface area contributed by atoms with Gasteiger partial charge in [-0.25, -0.2) is 4.98 Å². The monoisotopic (exact) mass is 321 g/mol. The average Bonchev–Trinajstić information content (AvgIpc) is 2.93. The molecule has 0 atom stereocenters. The molecule has 2 N–H and O–H groups in total. The molecule has 122 valence electrons. The number of azo groups is 1. The van der Waals surface area contributed by atoms with Gasteiger partial charge in [-0.05, 0) is 48.7 Å². The standard InChI is InChI=1S/C18H19N5O/c1-11(2)15-18(23-10-4-5-12(3)17(23)20-15)22-21-14-8-6-13(7-9-14)16(19)24/h4-11H,1-3H3,(H2,19,24). The van der Waals surface area contributed by atoms with Crippen LogP contribution in [0.15, 0.2) is 52.8 Å². The number of pyridine rings is 1. The van der Waals surface area contributed by atoms with Crippen LogP contribution in [0.3, 0.4) is 0 Å². The fourth-order valence-corrected chi connectivity index (χ4v) is 2.49. The summed E-state index contributed by atoms with van der Waals surface area (Å²) in [5, 5.41) is 8.69. The van der Waals surface area contributed by atoms with E-state index in [9.17, 15) is 4.79 Å². The van der Waals surface area contributed by atoms with Gasteiger partial charge in [-0.3, -0.25) is 9.20 Å². The van der Waals surface area contributed by atoms with Gasteiger partial charge in [0.05, 0.1) is 11.4 Å². The van der Waals surface area contributed by atoms with Crippen molar-refractivity contribution in [3.05, 3.63) is 59.4 Å². The van der Waals surface area contributed by atoms with Gasteiger partial charge in [0, 0.05) is 11.8 Å². The first-order chi connectivity index (χ1) is 11.5. The number of nitrogens with zero attached hydrogens (tertiary/aromatic N) is 4. The molecule has 0 fully saturated rings. The highest BCUT2D eigenvalue weighted by atomic mass is 16.1. The molecule has 0 bridgehead atoms. The van der Waals surface area contributed by atoms with Gasteiger partial charge < -0.3 is 5.73 Å². The lowest BCUT2D eigenvalue weighted by Gasteiger charge is -2.02. The van der Waals surface area contributed by atoms with Crippen LogP contribution >= 0.6 is 0 Å². The number of primary amides is 1. The number of aromatic nitrogens is 2. The topological polar surface area (TPSA) is 85.1 Å². The Bertz CT molecular complexity index is 922. The number of rotatable bonds is 4. The molecule has 0 saturated carbocycles. The van der Waals surface area contributed by atoms with Gasteiger partial charge in [-0.15, -0.1) is 10.2 Å². The lowest BCUT2D eigenvalue weighted by atomic mass is 10.1. The first kappa shape index (κ1) is 15.9. The van der Waals surface area contributed by atoms with Crippen molar-refractivity contribution in [1.82, 2.24) is 9.38 Å². The third-order valence-corrected chi connectivity index (χ3v) is 3.80. The molecule has 24 heavy (non-hydrogen) atoms. The van der Waals surface area contributed by atoms with E-state index in [0.717, 1.165) is 22.7 Å². The highest BCUT2D eigenvalue weighted by Gasteiger charge is 2.15. The highest BCUT2D eigenvalue weighted by molar-refractivity contribution is 5.92. The average molecular weight is 321 g/mol. The molecule has 0 aliphatic heterocycles. The Kier molecular flexibility index (Phi) is 4.12. The minimum Gasteiger partial charge on any atom is -0.366 e. The summed E-state index contributed by atoms with van der Waals surface area (Å²) in [5.41, 5.74) is 9.22. The molecule has 0 unspecified atom stereocenters. The van der Waals surface area contributed by atoms with Crippen molar-refractivity contribution in [1.29, 1.82) is 0 Å². The van der Waals surface area contributed by atoms with E-state index in [4.69, 9.17) is 10.7 Å². The summed E-state index contributed by atoms with van der Waals surface area (Å²) in [5.74, 6) is 0.496. The van der Waals surface area contributed by atoms with Crippen LogP contribution in [0.1, 0.15) is 41.4 Å². The van der Waals surface area contributed by atoms with Crippen LogP contribution in [0.5, 0.6) is 0 Å². The number of imidazole rings is 1. The minimum absolute atomic E-state index is 0.232. The SMILES string of the molecule is Cc1cccn2c(N=Nc3ccc(C(N)=O)cc3)c(C(C)C)nc12. The summed E-state index contributed by atoms with van der Waals surface area (Å²) in [6.07, 6.45) is 1.94. The van der Waals surface area contributed by atoms with Crippen LogP contribution in [0.4, 0.5) is 11.5 Å². The Labute approximate surface area is 140 Å². The highest BCUT2D eigenvalue weighted by Crippen LogP contribution is 2.30. The van der Waals surface area contributed by atoms with Gasteiger partial charge in [-0.1, -0.05) is 19.9 Å². The van der Waals surface area contributed by atoms with Crippen LogP contribution in [-0.4, -0.2) is 15.3 Å². The maximum absolute atomic E-state index is 11.1. The molecule has 3 aromatic rings. The number of carbonyl (C=O) groups excluding carboxylic acids is 1. The quantitative estimate of drug-likeness (QED) is 0.727. The van der Waals surface area contributed by atoms with Crippen LogP contribution < -0.4 is 5.73 Å². The zero-order valence-corrected chi connectivity index (χ0v) is 13.9. The molecule has 0 spiro atoms. The molecule has 6 nitrogen and oxygen atoms in total. The lowest BCUT2D eigenvalue weighted by molar-refractivity contribution is 0.100. The molecule has 0 aliphatic carbocycles. The maximum atomic E-state index is 11.1. The Morgan fingerprint density at radius 2 is 1.88 bits per heavy atom. The predicted molar refractivity (Wildman–Crippen MR) is 93.2 cm³/mol. The third kappa shape index (κ3) is 2.90. The zero-order valence-electron chi connectivity index (χ0n) is 13.9. The van der Waals surface area contributed by atoms with Gasteiger partial charge in [0.15, 0.2) is 5.82 Å². The van der Waals surface area contributed by atoms with Crippen molar-refractivity contribution < 1.29 is 4.79 Å². The first-order valence-electron chi connectivity index (χ1n) is 7.76. The Hall–Kier alpha value is -3.02. The first-order valence-corrected chi connectivity index (χ1v) is 7.76. The molecule has 1 aromatic carbocycles. The second-order valence-corrected chi connectivity index (χ2v) is 5.97. The number of carbonyl (C=O) groups is 1. The van der Waals surface area contributed by atoms with Crippen LogP contribution in [0, 0.1) is 6.92 Å². The third-order valence-electron chi connectivity index (χ3n) is 3.80. The number of amides is 1. The van der Waals surface area contributed by atoms with Crippen LogP contribution in [0.25, 0.3) is 5.65 Å². The van der Waals surface area contributed by atoms with Crippen LogP contribution in [-0.2, 0) is 0 Å². The summed E-state index contributed by atoms with van der Waals surface area (Å²) >= 11 is 0. The summed E-state index contributed by atoms with van der Waals surface area (Å²) < 4.78 is 1.95. The molecular weight excluding hydrogens is 302 g/mol. The van der Waals surface area contributed by atoms with E-state index in [-0.39, 0.29) is 5.92 Å². The molecule has 3 rings (SSSR count). The van der Waals surface area contributed by atoms with Gasteiger partial charge in [0.1, 0.15) is 5.65 Å². The number of hydrogen-bond donors (Lipinski definition) is 1. The second-order valence-electron chi connectivity index (χ2n) is 5.97. The van der Waals surface area contributed by atoms with Crippen molar-refractivity contribution in [2.45, 2.75) is 26.7 Å². The molecule has 1 amide bonds. The molecular formula is C18H19N5O. The maximum Gasteiger partial charge on any atom is 0.248 e. The van der Waals surface area contributed by atoms with Gasteiger partial charge >= 0.3 is 0 Å². The number of nitrogens with two attached hydrogens (primary N) is 1. The molecule has 0 saturated heterocycles.